The molecule has 0 fully saturated rings. The highest BCUT2D eigenvalue weighted by atomic mass is 15.1. The summed E-state index contributed by atoms with van der Waals surface area (Å²) in [4.78, 5) is 2.47. The predicted molar refractivity (Wildman–Crippen MR) is 106 cm³/mol. The molecule has 0 spiro atoms. The third-order valence-electron chi connectivity index (χ3n) is 5.08. The van der Waals surface area contributed by atoms with Gasteiger partial charge < -0.3 is 4.90 Å². The van der Waals surface area contributed by atoms with Crippen LogP contribution in [0.2, 0.25) is 0 Å². The van der Waals surface area contributed by atoms with Gasteiger partial charge in [-0.3, -0.25) is 0 Å². The number of nitrogens with zero attached hydrogens (tertiary/aromatic N) is 1. The Labute approximate surface area is 147 Å². The lowest BCUT2D eigenvalue weighted by Gasteiger charge is -2.31. The maximum atomic E-state index is 2.47. The van der Waals surface area contributed by atoms with E-state index in [9.17, 15) is 0 Å². The zero-order chi connectivity index (χ0) is 17.4. The summed E-state index contributed by atoms with van der Waals surface area (Å²) in [5.41, 5.74) is 12.6. The molecule has 0 aromatic heterocycles. The third-order valence-corrected chi connectivity index (χ3v) is 5.08. The van der Waals surface area contributed by atoms with Crippen molar-refractivity contribution in [1.82, 2.24) is 0 Å². The summed E-state index contributed by atoms with van der Waals surface area (Å²) in [6.07, 6.45) is 4.79. The van der Waals surface area contributed by atoms with Crippen molar-refractivity contribution in [2.45, 2.75) is 54.4 Å². The minimum atomic E-state index is 1.11. The Morgan fingerprint density at radius 2 is 1.21 bits per heavy atom. The molecule has 1 aliphatic rings. The molecule has 0 bridgehead atoms. The Hall–Kier alpha value is -2.02. The number of hydrogen-bond donors (Lipinski definition) is 0. The minimum Gasteiger partial charge on any atom is -0.347 e. The van der Waals surface area contributed by atoms with E-state index in [4.69, 9.17) is 0 Å². The SMILES string of the molecule is Cc1cc(C)c(C2=CN(c3c(C)cc(C)cc3C)CCC2)c(C)c1. The molecule has 0 amide bonds. The molecule has 3 rings (SSSR count). The van der Waals surface area contributed by atoms with Gasteiger partial charge in [0.15, 0.2) is 0 Å². The van der Waals surface area contributed by atoms with E-state index in [1.54, 1.807) is 0 Å². The van der Waals surface area contributed by atoms with Crippen LogP contribution in [0.4, 0.5) is 5.69 Å². The fourth-order valence-corrected chi connectivity index (χ4v) is 4.43. The molecule has 0 radical (unpaired) electrons. The lowest BCUT2D eigenvalue weighted by atomic mass is 9.90. The molecule has 1 nitrogen and oxygen atoms in total. The van der Waals surface area contributed by atoms with Crippen LogP contribution in [-0.2, 0) is 0 Å². The standard InChI is InChI=1S/C23H29N/c1-15-10-17(3)22(18(4)11-15)21-8-7-9-24(14-21)23-19(5)12-16(2)13-20(23)6/h10-14H,7-9H2,1-6H3. The van der Waals surface area contributed by atoms with Gasteiger partial charge in [0.25, 0.3) is 0 Å². The van der Waals surface area contributed by atoms with Crippen LogP contribution in [0.1, 0.15) is 51.8 Å². The molecular weight excluding hydrogens is 290 g/mol. The first-order valence-corrected chi connectivity index (χ1v) is 9.00. The van der Waals surface area contributed by atoms with Crippen LogP contribution < -0.4 is 4.90 Å². The quantitative estimate of drug-likeness (QED) is 0.639. The summed E-state index contributed by atoms with van der Waals surface area (Å²) < 4.78 is 0. The fourth-order valence-electron chi connectivity index (χ4n) is 4.43. The first-order chi connectivity index (χ1) is 11.4. The number of hydrogen-bond acceptors (Lipinski definition) is 1. The molecule has 0 aliphatic carbocycles. The van der Waals surface area contributed by atoms with Gasteiger partial charge in [-0.05, 0) is 87.8 Å². The van der Waals surface area contributed by atoms with Crippen LogP contribution >= 0.6 is 0 Å². The Morgan fingerprint density at radius 3 is 1.75 bits per heavy atom. The van der Waals surface area contributed by atoms with Crippen molar-refractivity contribution in [1.29, 1.82) is 0 Å². The lowest BCUT2D eigenvalue weighted by molar-refractivity contribution is 0.794. The maximum Gasteiger partial charge on any atom is 0.0465 e. The van der Waals surface area contributed by atoms with Crippen LogP contribution in [0.5, 0.6) is 0 Å². The molecule has 0 saturated carbocycles. The van der Waals surface area contributed by atoms with Gasteiger partial charge in [0, 0.05) is 18.4 Å². The third kappa shape index (κ3) is 3.13. The summed E-state index contributed by atoms with van der Waals surface area (Å²) in [7, 11) is 0. The van der Waals surface area contributed by atoms with Crippen molar-refractivity contribution >= 4 is 11.3 Å². The molecule has 1 heterocycles. The number of aryl methyl sites for hydroxylation is 6. The van der Waals surface area contributed by atoms with E-state index >= 15 is 0 Å². The van der Waals surface area contributed by atoms with E-state index < -0.39 is 0 Å². The van der Waals surface area contributed by atoms with Gasteiger partial charge in [-0.1, -0.05) is 35.4 Å². The molecule has 0 atom stereocenters. The monoisotopic (exact) mass is 319 g/mol. The van der Waals surface area contributed by atoms with Gasteiger partial charge in [-0.2, -0.15) is 0 Å². The van der Waals surface area contributed by atoms with E-state index in [1.807, 2.05) is 0 Å². The maximum absolute atomic E-state index is 2.47. The van der Waals surface area contributed by atoms with Crippen LogP contribution in [-0.4, -0.2) is 6.54 Å². The largest absolute Gasteiger partial charge is 0.347 e. The van der Waals surface area contributed by atoms with Crippen molar-refractivity contribution in [3.8, 4) is 0 Å². The van der Waals surface area contributed by atoms with Crippen LogP contribution in [0, 0.1) is 41.5 Å². The van der Waals surface area contributed by atoms with Crippen LogP contribution in [0.25, 0.3) is 5.57 Å². The lowest BCUT2D eigenvalue weighted by Crippen LogP contribution is -2.24. The molecule has 0 unspecified atom stereocenters. The average Bonchev–Trinajstić information content (AvgIpc) is 2.45. The molecule has 2 aromatic carbocycles. The van der Waals surface area contributed by atoms with Crippen molar-refractivity contribution in [2.24, 2.45) is 0 Å². The van der Waals surface area contributed by atoms with E-state index in [0.717, 1.165) is 6.54 Å². The Balaban J connectivity index is 2.07. The van der Waals surface area contributed by atoms with Crippen LogP contribution in [0.3, 0.4) is 0 Å². The van der Waals surface area contributed by atoms with Crippen molar-refractivity contribution in [3.63, 3.8) is 0 Å². The highest BCUT2D eigenvalue weighted by Crippen LogP contribution is 2.35. The van der Waals surface area contributed by atoms with Crippen LogP contribution in [0.15, 0.2) is 30.5 Å². The topological polar surface area (TPSA) is 3.24 Å². The average molecular weight is 319 g/mol. The second kappa shape index (κ2) is 6.47. The van der Waals surface area contributed by atoms with E-state index in [2.05, 4.69) is 76.9 Å². The minimum absolute atomic E-state index is 1.11. The van der Waals surface area contributed by atoms with Gasteiger partial charge >= 0.3 is 0 Å². The summed E-state index contributed by atoms with van der Waals surface area (Å²) in [6.45, 7) is 14.4. The van der Waals surface area contributed by atoms with Gasteiger partial charge in [0.05, 0.1) is 0 Å². The highest BCUT2D eigenvalue weighted by Gasteiger charge is 2.18. The number of benzene rings is 2. The molecule has 2 aromatic rings. The zero-order valence-corrected chi connectivity index (χ0v) is 16.0. The Kier molecular flexibility index (Phi) is 4.54. The number of rotatable bonds is 2. The van der Waals surface area contributed by atoms with Gasteiger partial charge in [-0.25, -0.2) is 0 Å². The molecule has 24 heavy (non-hydrogen) atoms. The smallest absolute Gasteiger partial charge is 0.0465 e. The second-order valence-corrected chi connectivity index (χ2v) is 7.47. The number of allylic oxidation sites excluding steroid dienone is 1. The van der Waals surface area contributed by atoms with Gasteiger partial charge in [-0.15, -0.1) is 0 Å². The summed E-state index contributed by atoms with van der Waals surface area (Å²) in [5.74, 6) is 0. The molecule has 126 valence electrons. The molecule has 0 N–H and O–H groups in total. The predicted octanol–water partition coefficient (Wildman–Crippen LogP) is 6.18. The summed E-state index contributed by atoms with van der Waals surface area (Å²) in [6, 6.07) is 9.22. The van der Waals surface area contributed by atoms with Gasteiger partial charge in [0.1, 0.15) is 0 Å². The summed E-state index contributed by atoms with van der Waals surface area (Å²) in [5, 5.41) is 0. The van der Waals surface area contributed by atoms with E-state index in [-0.39, 0.29) is 0 Å². The van der Waals surface area contributed by atoms with Crippen molar-refractivity contribution in [3.05, 3.63) is 69.4 Å². The highest BCUT2D eigenvalue weighted by molar-refractivity contribution is 5.76. The van der Waals surface area contributed by atoms with E-state index in [1.165, 1.54) is 63.0 Å². The van der Waals surface area contributed by atoms with Gasteiger partial charge in [0.2, 0.25) is 0 Å². The van der Waals surface area contributed by atoms with Crippen molar-refractivity contribution in [2.75, 3.05) is 11.4 Å². The molecule has 0 saturated heterocycles. The number of anilines is 1. The van der Waals surface area contributed by atoms with E-state index in [0.29, 0.717) is 0 Å². The molecular formula is C23H29N. The Morgan fingerprint density at radius 1 is 0.708 bits per heavy atom. The fraction of sp³-hybridized carbons (Fsp3) is 0.391. The van der Waals surface area contributed by atoms with Crippen molar-refractivity contribution < 1.29 is 0 Å². The molecule has 1 aliphatic heterocycles. The first-order valence-electron chi connectivity index (χ1n) is 9.00. The summed E-state index contributed by atoms with van der Waals surface area (Å²) >= 11 is 0. The zero-order valence-electron chi connectivity index (χ0n) is 16.0. The first kappa shape index (κ1) is 16.8. The normalized spacial score (nSPS) is 14.8. The second-order valence-electron chi connectivity index (χ2n) is 7.47. The Bertz CT molecular complexity index is 765. The molecule has 1 heteroatoms.